The van der Waals surface area contributed by atoms with Gasteiger partial charge in [-0.05, 0) is 12.8 Å². The second-order valence-corrected chi connectivity index (χ2v) is 6.24. The van der Waals surface area contributed by atoms with E-state index in [1.165, 1.54) is 0 Å². The van der Waals surface area contributed by atoms with Gasteiger partial charge in [0.15, 0.2) is 0 Å². The third-order valence-electron chi connectivity index (χ3n) is 2.65. The standard InChI is InChI=1S/C9H16F3NO4S/c10-9(11,12)7-13(3-4-14)18(15,16)8-1-5-17-6-2-8/h8,14H,1-7H2. The number of sulfonamides is 1. The molecule has 1 N–H and O–H groups in total. The smallest absolute Gasteiger partial charge is 0.395 e. The topological polar surface area (TPSA) is 66.8 Å². The average molecular weight is 291 g/mol. The maximum atomic E-state index is 12.3. The Hall–Kier alpha value is -0.380. The Morgan fingerprint density at radius 2 is 1.83 bits per heavy atom. The number of alkyl halides is 3. The lowest BCUT2D eigenvalue weighted by Crippen LogP contribution is -2.46. The first-order valence-corrected chi connectivity index (χ1v) is 7.02. The largest absolute Gasteiger partial charge is 0.402 e. The van der Waals surface area contributed by atoms with Gasteiger partial charge < -0.3 is 9.84 Å². The van der Waals surface area contributed by atoms with Crippen LogP contribution in [-0.4, -0.2) is 62.2 Å². The molecule has 1 saturated heterocycles. The average Bonchev–Trinajstić information content (AvgIpc) is 2.28. The Morgan fingerprint density at radius 3 is 2.28 bits per heavy atom. The zero-order chi connectivity index (χ0) is 13.8. The van der Waals surface area contributed by atoms with Crippen LogP contribution in [0.3, 0.4) is 0 Å². The summed E-state index contributed by atoms with van der Waals surface area (Å²) in [6.45, 7) is -2.29. The SMILES string of the molecule is O=S(=O)(C1CCOCC1)N(CCO)CC(F)(F)F. The maximum absolute atomic E-state index is 12.3. The summed E-state index contributed by atoms with van der Waals surface area (Å²) in [7, 11) is -4.05. The van der Waals surface area contributed by atoms with Gasteiger partial charge in [-0.25, -0.2) is 8.42 Å². The van der Waals surface area contributed by atoms with Gasteiger partial charge in [0.1, 0.15) is 6.54 Å². The first-order valence-electron chi connectivity index (χ1n) is 5.51. The second-order valence-electron chi connectivity index (χ2n) is 4.03. The summed E-state index contributed by atoms with van der Waals surface area (Å²) in [5.41, 5.74) is 0. The molecular weight excluding hydrogens is 275 g/mol. The van der Waals surface area contributed by atoms with Crippen LogP contribution in [0.2, 0.25) is 0 Å². The van der Waals surface area contributed by atoms with Crippen molar-refractivity contribution in [3.05, 3.63) is 0 Å². The molecule has 0 saturated carbocycles. The molecule has 1 aliphatic rings. The number of hydrogen-bond acceptors (Lipinski definition) is 4. The van der Waals surface area contributed by atoms with Crippen molar-refractivity contribution >= 4 is 10.0 Å². The summed E-state index contributed by atoms with van der Waals surface area (Å²) in [5, 5.41) is 7.84. The van der Waals surface area contributed by atoms with Gasteiger partial charge in [-0.1, -0.05) is 0 Å². The van der Waals surface area contributed by atoms with Crippen LogP contribution >= 0.6 is 0 Å². The Balaban J connectivity index is 2.81. The molecular formula is C9H16F3NO4S. The number of hydrogen-bond donors (Lipinski definition) is 1. The van der Waals surface area contributed by atoms with Crippen molar-refractivity contribution < 1.29 is 31.4 Å². The fourth-order valence-electron chi connectivity index (χ4n) is 1.79. The molecule has 5 nitrogen and oxygen atoms in total. The van der Waals surface area contributed by atoms with E-state index in [1.54, 1.807) is 0 Å². The molecule has 0 bridgehead atoms. The third kappa shape index (κ3) is 4.38. The van der Waals surface area contributed by atoms with Crippen LogP contribution in [0.25, 0.3) is 0 Å². The summed E-state index contributed by atoms with van der Waals surface area (Å²) in [6.07, 6.45) is -4.25. The quantitative estimate of drug-likeness (QED) is 0.794. The van der Waals surface area contributed by atoms with Gasteiger partial charge >= 0.3 is 6.18 Å². The number of nitrogens with zero attached hydrogens (tertiary/aromatic N) is 1. The molecule has 0 amide bonds. The Bertz CT molecular complexity index is 351. The lowest BCUT2D eigenvalue weighted by atomic mass is 10.2. The molecule has 1 aliphatic heterocycles. The fraction of sp³-hybridized carbons (Fsp3) is 1.00. The molecule has 0 aromatic rings. The van der Waals surface area contributed by atoms with Crippen LogP contribution in [-0.2, 0) is 14.8 Å². The van der Waals surface area contributed by atoms with Gasteiger partial charge in [0, 0.05) is 19.8 Å². The zero-order valence-corrected chi connectivity index (χ0v) is 10.5. The molecule has 1 heterocycles. The minimum atomic E-state index is -4.62. The number of halogens is 3. The van der Waals surface area contributed by atoms with E-state index in [9.17, 15) is 21.6 Å². The van der Waals surface area contributed by atoms with Crippen molar-refractivity contribution in [2.24, 2.45) is 0 Å². The minimum Gasteiger partial charge on any atom is -0.395 e. The molecule has 18 heavy (non-hydrogen) atoms. The lowest BCUT2D eigenvalue weighted by Gasteiger charge is -2.29. The highest BCUT2D eigenvalue weighted by atomic mass is 32.2. The first kappa shape index (κ1) is 15.7. The summed E-state index contributed by atoms with van der Waals surface area (Å²) < 4.78 is 66.3. The van der Waals surface area contributed by atoms with Crippen molar-refractivity contribution in [3.8, 4) is 0 Å². The molecule has 0 spiro atoms. The van der Waals surface area contributed by atoms with E-state index in [1.807, 2.05) is 0 Å². The van der Waals surface area contributed by atoms with Crippen LogP contribution < -0.4 is 0 Å². The Labute approximate surface area is 104 Å². The molecule has 0 aromatic carbocycles. The van der Waals surface area contributed by atoms with Gasteiger partial charge in [0.25, 0.3) is 0 Å². The zero-order valence-electron chi connectivity index (χ0n) is 9.69. The van der Waals surface area contributed by atoms with Crippen molar-refractivity contribution in [3.63, 3.8) is 0 Å². The fourth-order valence-corrected chi connectivity index (χ4v) is 3.66. The maximum Gasteiger partial charge on any atom is 0.402 e. The van der Waals surface area contributed by atoms with Crippen molar-refractivity contribution in [2.75, 3.05) is 32.9 Å². The summed E-state index contributed by atoms with van der Waals surface area (Å²) in [4.78, 5) is 0. The van der Waals surface area contributed by atoms with Gasteiger partial charge in [-0.15, -0.1) is 0 Å². The van der Waals surface area contributed by atoms with Gasteiger partial charge in [0.05, 0.1) is 11.9 Å². The van der Waals surface area contributed by atoms with Gasteiger partial charge in [0.2, 0.25) is 10.0 Å². The molecule has 108 valence electrons. The van der Waals surface area contributed by atoms with E-state index in [0.717, 1.165) is 0 Å². The second kappa shape index (κ2) is 6.18. The number of ether oxygens (including phenoxy) is 1. The Morgan fingerprint density at radius 1 is 1.28 bits per heavy atom. The number of aliphatic hydroxyl groups is 1. The molecule has 0 atom stereocenters. The van der Waals surface area contributed by atoms with Crippen LogP contribution in [0, 0.1) is 0 Å². The summed E-state index contributed by atoms with van der Waals surface area (Å²) >= 11 is 0. The normalized spacial score (nSPS) is 19.4. The molecule has 0 aliphatic carbocycles. The highest BCUT2D eigenvalue weighted by Crippen LogP contribution is 2.24. The van der Waals surface area contributed by atoms with Gasteiger partial charge in [-0.3, -0.25) is 0 Å². The number of rotatable bonds is 5. The molecule has 0 unspecified atom stereocenters. The summed E-state index contributed by atoms with van der Waals surface area (Å²) in [5.74, 6) is 0. The molecule has 1 rings (SSSR count). The molecule has 9 heteroatoms. The number of aliphatic hydroxyl groups excluding tert-OH is 1. The van der Waals surface area contributed by atoms with E-state index in [4.69, 9.17) is 9.84 Å². The van der Waals surface area contributed by atoms with E-state index in [-0.39, 0.29) is 26.1 Å². The third-order valence-corrected chi connectivity index (χ3v) is 5.00. The van der Waals surface area contributed by atoms with Crippen molar-refractivity contribution in [1.29, 1.82) is 0 Å². The highest BCUT2D eigenvalue weighted by molar-refractivity contribution is 7.89. The Kier molecular flexibility index (Phi) is 5.38. The van der Waals surface area contributed by atoms with Gasteiger partial charge in [-0.2, -0.15) is 17.5 Å². The molecule has 0 aromatic heterocycles. The van der Waals surface area contributed by atoms with E-state index >= 15 is 0 Å². The predicted molar refractivity (Wildman–Crippen MR) is 57.5 cm³/mol. The van der Waals surface area contributed by atoms with E-state index in [0.29, 0.717) is 4.31 Å². The highest BCUT2D eigenvalue weighted by Gasteiger charge is 2.40. The van der Waals surface area contributed by atoms with E-state index in [2.05, 4.69) is 0 Å². The minimum absolute atomic E-state index is 0.183. The van der Waals surface area contributed by atoms with Crippen LogP contribution in [0.5, 0.6) is 0 Å². The van der Waals surface area contributed by atoms with Crippen molar-refractivity contribution in [2.45, 2.75) is 24.3 Å². The predicted octanol–water partition coefficient (Wildman–Crippen LogP) is 0.352. The molecule has 0 radical (unpaired) electrons. The van der Waals surface area contributed by atoms with E-state index < -0.39 is 41.1 Å². The van der Waals surface area contributed by atoms with Crippen LogP contribution in [0.4, 0.5) is 13.2 Å². The first-order chi connectivity index (χ1) is 8.27. The summed E-state index contributed by atoms with van der Waals surface area (Å²) in [6, 6.07) is 0. The lowest BCUT2D eigenvalue weighted by molar-refractivity contribution is -0.136. The molecule has 1 fully saturated rings. The van der Waals surface area contributed by atoms with Crippen molar-refractivity contribution in [1.82, 2.24) is 4.31 Å². The van der Waals surface area contributed by atoms with Crippen LogP contribution in [0.15, 0.2) is 0 Å². The van der Waals surface area contributed by atoms with Crippen LogP contribution in [0.1, 0.15) is 12.8 Å². The monoisotopic (exact) mass is 291 g/mol.